The van der Waals surface area contributed by atoms with Crippen LogP contribution in [-0.4, -0.2) is 52.7 Å². The van der Waals surface area contributed by atoms with Gasteiger partial charge in [-0.05, 0) is 56.2 Å². The van der Waals surface area contributed by atoms with E-state index in [4.69, 9.17) is 10.5 Å². The molecular weight excluding hydrogens is 599 g/mol. The van der Waals surface area contributed by atoms with Crippen LogP contribution in [0.3, 0.4) is 0 Å². The number of nitrogens with two attached hydrogens (primary N) is 1. The first-order valence-electron chi connectivity index (χ1n) is 14.8. The van der Waals surface area contributed by atoms with Gasteiger partial charge in [0.25, 0.3) is 5.24 Å². The highest BCUT2D eigenvalue weighted by molar-refractivity contribution is 8.14. The fourth-order valence-corrected chi connectivity index (χ4v) is 5.95. The summed E-state index contributed by atoms with van der Waals surface area (Å²) < 4.78 is 44.2. The smallest absolute Gasteiger partial charge is 0.416 e. The Balaban J connectivity index is 2.28. The number of nitrogens with one attached hydrogen (secondary N) is 2. The summed E-state index contributed by atoms with van der Waals surface area (Å²) in [6, 6.07) is 2.60. The monoisotopic (exact) mass is 641 g/mol. The quantitative estimate of drug-likeness (QED) is 0.168. The van der Waals surface area contributed by atoms with Gasteiger partial charge in [-0.25, -0.2) is 4.79 Å². The number of benzene rings is 1. The predicted octanol–water partition coefficient (Wildman–Crippen LogP) is 5.10. The van der Waals surface area contributed by atoms with Gasteiger partial charge in [0, 0.05) is 36.1 Å². The minimum Gasteiger partial charge on any atom is -0.463 e. The van der Waals surface area contributed by atoms with Crippen LogP contribution in [0.5, 0.6) is 0 Å². The molecule has 9 nitrogen and oxygen atoms in total. The van der Waals surface area contributed by atoms with Crippen LogP contribution in [0.1, 0.15) is 76.8 Å². The lowest BCUT2D eigenvalue weighted by molar-refractivity contribution is -0.138. The van der Waals surface area contributed by atoms with Crippen LogP contribution in [0, 0.1) is 11.8 Å². The second kappa shape index (κ2) is 17.8. The molecule has 0 heterocycles. The van der Waals surface area contributed by atoms with Crippen molar-refractivity contribution in [3.8, 4) is 0 Å². The van der Waals surface area contributed by atoms with Crippen LogP contribution in [0.25, 0.3) is 0 Å². The first-order valence-corrected chi connectivity index (χ1v) is 15.7. The number of hydrogen-bond donors (Lipinski definition) is 3. The molecule has 0 saturated heterocycles. The standard InChI is InChI=1S/C31H42F3N3O6S/c1-4-43-27(40)16-14-23(13-15-26(35)39)36-29(41)21(17-20-9-11-22(12-10-20)31(32,33)34)18-25(38)28(19(2)3)37-30(42)44-24-7-5-6-8-24/h9-12,14,16,19,21,23-24,28H,4-8,13,15,17-18H2,1-3H3,(H2,35,39)(H,36,41)(H,37,42)/b16-14+/t21-,23+,28+/m1/s1. The van der Waals surface area contributed by atoms with Crippen molar-refractivity contribution in [2.24, 2.45) is 17.6 Å². The van der Waals surface area contributed by atoms with Crippen LogP contribution in [0.15, 0.2) is 36.4 Å². The second-order valence-corrected chi connectivity index (χ2v) is 12.4. The third kappa shape index (κ3) is 13.1. The summed E-state index contributed by atoms with van der Waals surface area (Å²) in [7, 11) is 0. The van der Waals surface area contributed by atoms with Crippen LogP contribution in [0.4, 0.5) is 18.0 Å². The second-order valence-electron chi connectivity index (χ2n) is 11.2. The Hall–Kier alpha value is -3.35. The van der Waals surface area contributed by atoms with Gasteiger partial charge in [0.15, 0.2) is 5.78 Å². The van der Waals surface area contributed by atoms with E-state index in [1.807, 2.05) is 0 Å². The average molecular weight is 642 g/mol. The number of hydrogen-bond acceptors (Lipinski definition) is 7. The highest BCUT2D eigenvalue weighted by Crippen LogP contribution is 2.31. The molecule has 0 spiro atoms. The maximum atomic E-state index is 13.6. The number of esters is 1. The van der Waals surface area contributed by atoms with Crippen molar-refractivity contribution in [3.05, 3.63) is 47.5 Å². The Bertz CT molecular complexity index is 1170. The fourth-order valence-electron chi connectivity index (χ4n) is 4.88. The molecular formula is C31H42F3N3O6S. The maximum absolute atomic E-state index is 13.6. The molecule has 3 amide bonds. The number of thioether (sulfide) groups is 1. The molecule has 1 aliphatic rings. The van der Waals surface area contributed by atoms with Crippen molar-refractivity contribution in [3.63, 3.8) is 0 Å². The van der Waals surface area contributed by atoms with Crippen molar-refractivity contribution in [2.45, 2.75) is 95.6 Å². The van der Waals surface area contributed by atoms with Gasteiger partial charge in [-0.1, -0.05) is 56.7 Å². The van der Waals surface area contributed by atoms with Crippen LogP contribution < -0.4 is 16.4 Å². The van der Waals surface area contributed by atoms with E-state index < -0.39 is 53.3 Å². The van der Waals surface area contributed by atoms with E-state index in [9.17, 15) is 37.1 Å². The summed E-state index contributed by atoms with van der Waals surface area (Å²) in [5.41, 5.74) is 4.81. The van der Waals surface area contributed by atoms with Crippen molar-refractivity contribution >= 4 is 40.6 Å². The molecule has 2 rings (SSSR count). The number of ketones is 1. The first-order chi connectivity index (χ1) is 20.7. The Morgan fingerprint density at radius 2 is 1.70 bits per heavy atom. The van der Waals surface area contributed by atoms with Gasteiger partial charge in [0.2, 0.25) is 11.8 Å². The molecule has 4 N–H and O–H groups in total. The zero-order valence-corrected chi connectivity index (χ0v) is 26.1. The van der Waals surface area contributed by atoms with Gasteiger partial charge in [-0.15, -0.1) is 0 Å². The lowest BCUT2D eigenvalue weighted by Gasteiger charge is -2.25. The summed E-state index contributed by atoms with van der Waals surface area (Å²) in [6.45, 7) is 5.30. The summed E-state index contributed by atoms with van der Waals surface area (Å²) in [6.07, 6.45) is 1.44. The van der Waals surface area contributed by atoms with Gasteiger partial charge < -0.3 is 21.1 Å². The summed E-state index contributed by atoms with van der Waals surface area (Å²) in [5, 5.41) is 5.40. The van der Waals surface area contributed by atoms with Crippen molar-refractivity contribution in [1.29, 1.82) is 0 Å². The van der Waals surface area contributed by atoms with Crippen molar-refractivity contribution in [1.82, 2.24) is 10.6 Å². The first kappa shape index (κ1) is 36.8. The molecule has 0 unspecified atom stereocenters. The molecule has 1 aliphatic carbocycles. The molecule has 1 fully saturated rings. The molecule has 13 heteroatoms. The van der Waals surface area contributed by atoms with Gasteiger partial charge >= 0.3 is 12.1 Å². The Morgan fingerprint density at radius 3 is 2.25 bits per heavy atom. The molecule has 0 aliphatic heterocycles. The molecule has 0 aromatic heterocycles. The normalized spacial score (nSPS) is 16.0. The number of halogens is 3. The highest BCUT2D eigenvalue weighted by atomic mass is 32.2. The molecule has 3 atom stereocenters. The molecule has 244 valence electrons. The van der Waals surface area contributed by atoms with Gasteiger partial charge in [0.05, 0.1) is 18.2 Å². The van der Waals surface area contributed by atoms with E-state index in [1.54, 1.807) is 20.8 Å². The largest absolute Gasteiger partial charge is 0.463 e. The average Bonchev–Trinajstić information content (AvgIpc) is 3.45. The zero-order valence-electron chi connectivity index (χ0n) is 25.3. The van der Waals surface area contributed by atoms with Crippen molar-refractivity contribution < 1.29 is 41.9 Å². The minimum absolute atomic E-state index is 0.0565. The number of amides is 3. The Morgan fingerprint density at radius 1 is 1.07 bits per heavy atom. The van der Waals surface area contributed by atoms with Gasteiger partial charge in [-0.2, -0.15) is 13.2 Å². The SMILES string of the molecule is CCOC(=O)/C=C/[C@H](CCC(N)=O)NC(=O)[C@@H](CC(=O)[C@@H](NC(=O)SC1CCCC1)C(C)C)Cc1ccc(C(F)(F)F)cc1. The van der Waals surface area contributed by atoms with Crippen LogP contribution in [0.2, 0.25) is 0 Å². The number of ether oxygens (including phenoxy) is 1. The number of rotatable bonds is 16. The number of carbonyl (C=O) groups is 5. The van der Waals surface area contributed by atoms with Crippen LogP contribution in [-0.2, 0) is 36.5 Å². The van der Waals surface area contributed by atoms with Crippen molar-refractivity contribution in [2.75, 3.05) is 6.61 Å². The van der Waals surface area contributed by atoms with Gasteiger partial charge in [0.1, 0.15) is 0 Å². The van der Waals surface area contributed by atoms with E-state index in [0.717, 1.165) is 43.9 Å². The zero-order chi connectivity index (χ0) is 32.9. The minimum atomic E-state index is -4.54. The molecule has 1 aromatic rings. The van der Waals surface area contributed by atoms with Gasteiger partial charge in [-0.3, -0.25) is 19.2 Å². The van der Waals surface area contributed by atoms with E-state index in [2.05, 4.69) is 10.6 Å². The Kier molecular flexibility index (Phi) is 14.9. The summed E-state index contributed by atoms with van der Waals surface area (Å²) >= 11 is 1.17. The summed E-state index contributed by atoms with van der Waals surface area (Å²) in [4.78, 5) is 63.1. The number of alkyl halides is 3. The lowest BCUT2D eigenvalue weighted by Crippen LogP contribution is -2.46. The molecule has 1 saturated carbocycles. The maximum Gasteiger partial charge on any atom is 0.416 e. The fraction of sp³-hybridized carbons (Fsp3) is 0.581. The Labute approximate surface area is 260 Å². The molecule has 0 radical (unpaired) electrons. The topological polar surface area (TPSA) is 145 Å². The highest BCUT2D eigenvalue weighted by Gasteiger charge is 2.33. The lowest BCUT2D eigenvalue weighted by atomic mass is 9.88. The van der Waals surface area contributed by atoms with E-state index in [1.165, 1.54) is 30.0 Å². The third-order valence-corrected chi connectivity index (χ3v) is 8.36. The number of Topliss-reactive ketones (excluding diaryl/α,β-unsaturated/α-hetero) is 1. The van der Waals surface area contributed by atoms with Crippen LogP contribution >= 0.6 is 11.8 Å². The van der Waals surface area contributed by atoms with E-state index >= 15 is 0 Å². The number of primary amides is 1. The number of carbonyl (C=O) groups excluding carboxylic acids is 5. The van der Waals surface area contributed by atoms with E-state index in [-0.39, 0.29) is 48.7 Å². The molecule has 44 heavy (non-hydrogen) atoms. The predicted molar refractivity (Wildman–Crippen MR) is 161 cm³/mol. The molecule has 1 aromatic carbocycles. The molecule has 0 bridgehead atoms. The van der Waals surface area contributed by atoms with E-state index in [0.29, 0.717) is 5.56 Å². The summed E-state index contributed by atoms with van der Waals surface area (Å²) in [5.74, 6) is -3.63. The third-order valence-electron chi connectivity index (χ3n) is 7.23.